The minimum Gasteiger partial charge on any atom is -0.494 e. The number of hydrogen-bond donors (Lipinski definition) is 0. The molecule has 7 heteroatoms. The molecule has 7 nitrogen and oxygen atoms in total. The Labute approximate surface area is 136 Å². The SMILES string of the molecule is COc1cnc(N2CCC(CC(=O)N3CCOCC3)CC2)nc1. The molecule has 1 amide bonds. The van der Waals surface area contributed by atoms with E-state index in [1.807, 2.05) is 4.90 Å². The number of anilines is 1. The van der Waals surface area contributed by atoms with Crippen molar-refractivity contribution in [2.24, 2.45) is 5.92 Å². The zero-order valence-corrected chi connectivity index (χ0v) is 13.6. The largest absolute Gasteiger partial charge is 0.494 e. The maximum absolute atomic E-state index is 12.3. The molecule has 0 saturated carbocycles. The average molecular weight is 320 g/mol. The van der Waals surface area contributed by atoms with Gasteiger partial charge in [-0.3, -0.25) is 4.79 Å². The Bertz CT molecular complexity index is 509. The van der Waals surface area contributed by atoms with Crippen LogP contribution in [0.1, 0.15) is 19.3 Å². The van der Waals surface area contributed by atoms with Gasteiger partial charge in [-0.25, -0.2) is 9.97 Å². The van der Waals surface area contributed by atoms with Crippen molar-refractivity contribution in [2.45, 2.75) is 19.3 Å². The lowest BCUT2D eigenvalue weighted by Gasteiger charge is -2.33. The van der Waals surface area contributed by atoms with E-state index in [0.717, 1.165) is 45.0 Å². The molecule has 3 rings (SSSR count). The summed E-state index contributed by atoms with van der Waals surface area (Å²) >= 11 is 0. The molecule has 1 aromatic rings. The summed E-state index contributed by atoms with van der Waals surface area (Å²) < 4.78 is 10.4. The molecule has 23 heavy (non-hydrogen) atoms. The van der Waals surface area contributed by atoms with Gasteiger partial charge in [0.05, 0.1) is 32.7 Å². The molecule has 2 saturated heterocycles. The van der Waals surface area contributed by atoms with E-state index in [-0.39, 0.29) is 5.91 Å². The maximum Gasteiger partial charge on any atom is 0.225 e. The number of rotatable bonds is 4. The molecular weight excluding hydrogens is 296 g/mol. The van der Waals surface area contributed by atoms with E-state index < -0.39 is 0 Å². The van der Waals surface area contributed by atoms with Gasteiger partial charge in [-0.2, -0.15) is 0 Å². The minimum atomic E-state index is 0.271. The first-order valence-corrected chi connectivity index (χ1v) is 8.23. The Morgan fingerprint density at radius 1 is 1.22 bits per heavy atom. The summed E-state index contributed by atoms with van der Waals surface area (Å²) in [5, 5.41) is 0. The Morgan fingerprint density at radius 3 is 2.48 bits per heavy atom. The monoisotopic (exact) mass is 320 g/mol. The first kappa shape index (κ1) is 16.0. The van der Waals surface area contributed by atoms with Crippen LogP contribution in [0.2, 0.25) is 0 Å². The summed E-state index contributed by atoms with van der Waals surface area (Å²) in [7, 11) is 1.61. The Kier molecular flexibility index (Phi) is 5.27. The number of nitrogens with zero attached hydrogens (tertiary/aromatic N) is 4. The topological polar surface area (TPSA) is 67.8 Å². The fourth-order valence-electron chi connectivity index (χ4n) is 3.10. The quantitative estimate of drug-likeness (QED) is 0.823. The number of carbonyl (C=O) groups is 1. The van der Waals surface area contributed by atoms with Crippen LogP contribution in [-0.2, 0) is 9.53 Å². The van der Waals surface area contributed by atoms with Gasteiger partial charge in [-0.15, -0.1) is 0 Å². The van der Waals surface area contributed by atoms with Crippen LogP contribution in [0.4, 0.5) is 5.95 Å². The van der Waals surface area contributed by atoms with Crippen molar-refractivity contribution in [3.63, 3.8) is 0 Å². The van der Waals surface area contributed by atoms with Crippen molar-refractivity contribution in [1.82, 2.24) is 14.9 Å². The number of ether oxygens (including phenoxy) is 2. The van der Waals surface area contributed by atoms with Crippen LogP contribution in [0.3, 0.4) is 0 Å². The number of morpholine rings is 1. The van der Waals surface area contributed by atoms with Gasteiger partial charge in [0.2, 0.25) is 11.9 Å². The van der Waals surface area contributed by atoms with Crippen LogP contribution in [0.5, 0.6) is 5.75 Å². The molecule has 0 spiro atoms. The Hall–Kier alpha value is -1.89. The Balaban J connectivity index is 1.46. The fraction of sp³-hybridized carbons (Fsp3) is 0.688. The average Bonchev–Trinajstić information content (AvgIpc) is 2.63. The van der Waals surface area contributed by atoms with Gasteiger partial charge < -0.3 is 19.3 Å². The first-order chi connectivity index (χ1) is 11.3. The molecule has 3 heterocycles. The van der Waals surface area contributed by atoms with Crippen LogP contribution in [0.25, 0.3) is 0 Å². The number of carbonyl (C=O) groups excluding carboxylic acids is 1. The smallest absolute Gasteiger partial charge is 0.225 e. The normalized spacial score (nSPS) is 19.7. The van der Waals surface area contributed by atoms with Crippen molar-refractivity contribution in [3.05, 3.63) is 12.4 Å². The van der Waals surface area contributed by atoms with Crippen LogP contribution >= 0.6 is 0 Å². The number of piperidine rings is 1. The lowest BCUT2D eigenvalue weighted by atomic mass is 9.93. The van der Waals surface area contributed by atoms with Gasteiger partial charge >= 0.3 is 0 Å². The highest BCUT2D eigenvalue weighted by atomic mass is 16.5. The zero-order valence-electron chi connectivity index (χ0n) is 13.6. The zero-order chi connectivity index (χ0) is 16.1. The summed E-state index contributed by atoms with van der Waals surface area (Å²) in [6.07, 6.45) is 6.04. The van der Waals surface area contributed by atoms with Gasteiger partial charge in [0.1, 0.15) is 0 Å². The highest BCUT2D eigenvalue weighted by Crippen LogP contribution is 2.24. The van der Waals surface area contributed by atoms with E-state index in [0.29, 0.717) is 31.3 Å². The van der Waals surface area contributed by atoms with Crippen LogP contribution < -0.4 is 9.64 Å². The highest BCUT2D eigenvalue weighted by molar-refractivity contribution is 5.76. The third-order valence-corrected chi connectivity index (χ3v) is 4.57. The molecule has 0 aliphatic carbocycles. The van der Waals surface area contributed by atoms with Gasteiger partial charge in [0.25, 0.3) is 0 Å². The second kappa shape index (κ2) is 7.59. The van der Waals surface area contributed by atoms with Crippen molar-refractivity contribution < 1.29 is 14.3 Å². The lowest BCUT2D eigenvalue weighted by Crippen LogP contribution is -2.42. The standard InChI is InChI=1S/C16H24N4O3/c1-22-14-11-17-16(18-12-14)20-4-2-13(3-5-20)10-15(21)19-6-8-23-9-7-19/h11-13H,2-10H2,1H3. The molecule has 0 unspecified atom stereocenters. The molecule has 1 aromatic heterocycles. The van der Waals surface area contributed by atoms with Gasteiger partial charge in [0.15, 0.2) is 5.75 Å². The molecule has 126 valence electrons. The fourth-order valence-corrected chi connectivity index (χ4v) is 3.10. The van der Waals surface area contributed by atoms with E-state index in [9.17, 15) is 4.79 Å². The summed E-state index contributed by atoms with van der Waals surface area (Å²) in [6.45, 7) is 4.59. The van der Waals surface area contributed by atoms with Gasteiger partial charge in [-0.1, -0.05) is 0 Å². The van der Waals surface area contributed by atoms with E-state index in [1.165, 1.54) is 0 Å². The van der Waals surface area contributed by atoms with E-state index in [1.54, 1.807) is 19.5 Å². The van der Waals surface area contributed by atoms with Crippen molar-refractivity contribution in [1.29, 1.82) is 0 Å². The van der Waals surface area contributed by atoms with E-state index >= 15 is 0 Å². The van der Waals surface area contributed by atoms with Crippen molar-refractivity contribution in [2.75, 3.05) is 51.4 Å². The molecule has 2 fully saturated rings. The van der Waals surface area contributed by atoms with Gasteiger partial charge in [-0.05, 0) is 18.8 Å². The third kappa shape index (κ3) is 4.10. The summed E-state index contributed by atoms with van der Waals surface area (Å²) in [4.78, 5) is 25.1. The summed E-state index contributed by atoms with van der Waals surface area (Å²) in [5.74, 6) is 2.13. The number of methoxy groups -OCH3 is 1. The van der Waals surface area contributed by atoms with E-state index in [4.69, 9.17) is 9.47 Å². The summed E-state index contributed by atoms with van der Waals surface area (Å²) in [6, 6.07) is 0. The van der Waals surface area contributed by atoms with Crippen LogP contribution in [0, 0.1) is 5.92 Å². The third-order valence-electron chi connectivity index (χ3n) is 4.57. The molecule has 0 atom stereocenters. The lowest BCUT2D eigenvalue weighted by molar-refractivity contribution is -0.136. The van der Waals surface area contributed by atoms with Crippen molar-refractivity contribution >= 4 is 11.9 Å². The second-order valence-corrected chi connectivity index (χ2v) is 6.05. The first-order valence-electron chi connectivity index (χ1n) is 8.23. The second-order valence-electron chi connectivity index (χ2n) is 6.05. The Morgan fingerprint density at radius 2 is 1.87 bits per heavy atom. The number of amides is 1. The van der Waals surface area contributed by atoms with Crippen LogP contribution in [0.15, 0.2) is 12.4 Å². The highest BCUT2D eigenvalue weighted by Gasteiger charge is 2.25. The van der Waals surface area contributed by atoms with Gasteiger partial charge in [0, 0.05) is 32.6 Å². The number of aromatic nitrogens is 2. The molecule has 2 aliphatic rings. The maximum atomic E-state index is 12.3. The molecule has 0 radical (unpaired) electrons. The van der Waals surface area contributed by atoms with Crippen molar-refractivity contribution in [3.8, 4) is 5.75 Å². The molecule has 0 N–H and O–H groups in total. The molecule has 2 aliphatic heterocycles. The van der Waals surface area contributed by atoms with E-state index in [2.05, 4.69) is 14.9 Å². The molecule has 0 aromatic carbocycles. The predicted octanol–water partition coefficient (Wildman–Crippen LogP) is 0.950. The number of hydrogen-bond acceptors (Lipinski definition) is 6. The molecular formula is C16H24N4O3. The predicted molar refractivity (Wildman–Crippen MR) is 85.5 cm³/mol. The molecule has 0 bridgehead atoms. The minimum absolute atomic E-state index is 0.271. The summed E-state index contributed by atoms with van der Waals surface area (Å²) in [5.41, 5.74) is 0. The van der Waals surface area contributed by atoms with Crippen LogP contribution in [-0.4, -0.2) is 67.3 Å².